The Balaban J connectivity index is 0.000000417. The second-order valence-corrected chi connectivity index (χ2v) is 8.82. The quantitative estimate of drug-likeness (QED) is 0.273. The molecule has 0 saturated carbocycles. The van der Waals surface area contributed by atoms with Gasteiger partial charge in [0.2, 0.25) is 17.4 Å². The van der Waals surface area contributed by atoms with Crippen molar-refractivity contribution in [1.29, 1.82) is 0 Å². The number of amides is 2. The van der Waals surface area contributed by atoms with Crippen molar-refractivity contribution in [3.8, 4) is 11.5 Å². The highest BCUT2D eigenvalue weighted by Crippen LogP contribution is 2.30. The van der Waals surface area contributed by atoms with Crippen LogP contribution in [0, 0.1) is 0 Å². The van der Waals surface area contributed by atoms with E-state index in [1.807, 2.05) is 37.3 Å². The van der Waals surface area contributed by atoms with Crippen molar-refractivity contribution >= 4 is 40.1 Å². The van der Waals surface area contributed by atoms with Gasteiger partial charge in [0.1, 0.15) is 0 Å². The molecule has 212 valence electrons. The van der Waals surface area contributed by atoms with Crippen molar-refractivity contribution in [2.45, 2.75) is 26.3 Å². The van der Waals surface area contributed by atoms with E-state index < -0.39 is 5.24 Å². The summed E-state index contributed by atoms with van der Waals surface area (Å²) in [7, 11) is 1.60. The van der Waals surface area contributed by atoms with E-state index in [0.29, 0.717) is 43.2 Å². The van der Waals surface area contributed by atoms with Crippen LogP contribution < -0.4 is 14.8 Å². The van der Waals surface area contributed by atoms with E-state index >= 15 is 0 Å². The fraction of sp³-hybridized carbons (Fsp3) is 0.214. The molecule has 0 bridgehead atoms. The zero-order valence-corrected chi connectivity index (χ0v) is 23.0. The zero-order valence-electron chi connectivity index (χ0n) is 22.2. The van der Waals surface area contributed by atoms with E-state index in [2.05, 4.69) is 25.3 Å². The zero-order chi connectivity index (χ0) is 29.2. The largest absolute Gasteiger partial charge is 0.493 e. The molecule has 2 aromatic carbocycles. The van der Waals surface area contributed by atoms with Crippen molar-refractivity contribution in [1.82, 2.24) is 15.3 Å². The molecule has 4 aromatic rings. The number of anilines is 1. The molecule has 0 fully saturated rings. The lowest BCUT2D eigenvalue weighted by Gasteiger charge is -2.24. The number of hydrogen-bond acceptors (Lipinski definition) is 10. The Bertz CT molecular complexity index is 1500. The number of rotatable bonds is 9. The number of halogens is 1. The van der Waals surface area contributed by atoms with Gasteiger partial charge in [-0.15, -0.1) is 0 Å². The van der Waals surface area contributed by atoms with Crippen LogP contribution in [0.3, 0.4) is 0 Å². The molecule has 13 heteroatoms. The fourth-order valence-corrected chi connectivity index (χ4v) is 3.86. The highest BCUT2D eigenvalue weighted by atomic mass is 35.5. The number of benzene rings is 2. The molecule has 3 heterocycles. The molecular weight excluding hydrogens is 554 g/mol. The third-order valence-electron chi connectivity index (χ3n) is 5.74. The number of ether oxygens (including phenoxy) is 2. The smallest absolute Gasteiger partial charge is 0.294 e. The second kappa shape index (κ2) is 13.9. The molecule has 0 saturated heterocycles. The summed E-state index contributed by atoms with van der Waals surface area (Å²) in [6.45, 7) is 2.76. The van der Waals surface area contributed by atoms with Crippen LogP contribution in [-0.4, -0.2) is 51.8 Å². The number of nitrogens with zero attached hydrogens (tertiary/aromatic N) is 4. The van der Waals surface area contributed by atoms with Gasteiger partial charge in [-0.2, -0.15) is 5.10 Å². The molecule has 1 aliphatic heterocycles. The Hall–Kier alpha value is -4.97. The van der Waals surface area contributed by atoms with Gasteiger partial charge >= 0.3 is 0 Å². The van der Waals surface area contributed by atoms with Crippen LogP contribution in [0.5, 0.6) is 11.5 Å². The minimum atomic E-state index is -0.623. The standard InChI is InChI=1S/C24H24N4O5.C4H2ClNO2/c1-3-32-22-14-17(6-10-20(22)31-2)19-9-11-23(29)28(27-19)15-16-4-7-18(8-5-16)26-24(30)21-12-13-25-33-21;5-4(7)3-1-2-6-8-3/h4-8,10,12-14H,3,9,11,15H2,1-2H3,(H,26,30);1-2H. The summed E-state index contributed by atoms with van der Waals surface area (Å²) >= 11 is 4.97. The van der Waals surface area contributed by atoms with E-state index in [-0.39, 0.29) is 23.3 Å². The first-order chi connectivity index (χ1) is 19.9. The van der Waals surface area contributed by atoms with Crippen LogP contribution >= 0.6 is 11.6 Å². The Morgan fingerprint density at radius 1 is 0.976 bits per heavy atom. The molecule has 0 spiro atoms. The van der Waals surface area contributed by atoms with E-state index in [4.69, 9.17) is 25.6 Å². The van der Waals surface area contributed by atoms with Crippen molar-refractivity contribution in [2.24, 2.45) is 5.10 Å². The summed E-state index contributed by atoms with van der Waals surface area (Å²) in [6.07, 6.45) is 3.70. The molecule has 0 atom stereocenters. The second-order valence-electron chi connectivity index (χ2n) is 8.47. The van der Waals surface area contributed by atoms with Crippen LogP contribution in [0.1, 0.15) is 52.0 Å². The van der Waals surface area contributed by atoms with E-state index in [0.717, 1.165) is 16.8 Å². The first kappa shape index (κ1) is 29.0. The molecule has 5 rings (SSSR count). The van der Waals surface area contributed by atoms with Gasteiger partial charge in [-0.25, -0.2) is 5.01 Å². The maximum absolute atomic E-state index is 12.5. The minimum absolute atomic E-state index is 0.0417. The number of hydrazone groups is 1. The van der Waals surface area contributed by atoms with Gasteiger partial charge in [-0.1, -0.05) is 22.4 Å². The summed E-state index contributed by atoms with van der Waals surface area (Å²) in [4.78, 5) is 34.7. The van der Waals surface area contributed by atoms with Crippen LogP contribution in [0.15, 0.2) is 81.1 Å². The molecule has 1 aliphatic rings. The lowest BCUT2D eigenvalue weighted by molar-refractivity contribution is -0.132. The Morgan fingerprint density at radius 3 is 2.27 bits per heavy atom. The summed E-state index contributed by atoms with van der Waals surface area (Å²) in [6, 6.07) is 15.7. The number of hydrogen-bond donors (Lipinski definition) is 1. The first-order valence-electron chi connectivity index (χ1n) is 12.5. The van der Waals surface area contributed by atoms with Crippen LogP contribution in [0.2, 0.25) is 0 Å². The molecule has 1 N–H and O–H groups in total. The first-order valence-corrected chi connectivity index (χ1v) is 12.9. The van der Waals surface area contributed by atoms with Gasteiger partial charge in [-0.05, 0) is 54.4 Å². The van der Waals surface area contributed by atoms with Crippen LogP contribution in [-0.2, 0) is 11.3 Å². The van der Waals surface area contributed by atoms with Gasteiger partial charge in [0.05, 0.1) is 38.4 Å². The number of carbonyl (C=O) groups excluding carboxylic acids is 3. The van der Waals surface area contributed by atoms with Crippen LogP contribution in [0.25, 0.3) is 0 Å². The van der Waals surface area contributed by atoms with Crippen molar-refractivity contribution in [3.63, 3.8) is 0 Å². The van der Waals surface area contributed by atoms with Crippen molar-refractivity contribution in [3.05, 3.63) is 89.6 Å². The third-order valence-corrected chi connectivity index (χ3v) is 5.93. The predicted octanol–water partition coefficient (Wildman–Crippen LogP) is 4.91. The van der Waals surface area contributed by atoms with Crippen molar-refractivity contribution in [2.75, 3.05) is 19.0 Å². The third kappa shape index (κ3) is 7.79. The number of methoxy groups -OCH3 is 1. The van der Waals surface area contributed by atoms with Gasteiger partial charge in [0, 0.05) is 36.2 Å². The van der Waals surface area contributed by atoms with Gasteiger partial charge < -0.3 is 23.8 Å². The lowest BCUT2D eigenvalue weighted by Crippen LogP contribution is -2.31. The Labute approximate surface area is 239 Å². The topological polar surface area (TPSA) is 149 Å². The molecule has 0 radical (unpaired) electrons. The van der Waals surface area contributed by atoms with E-state index in [1.54, 1.807) is 19.2 Å². The molecule has 0 unspecified atom stereocenters. The lowest BCUT2D eigenvalue weighted by atomic mass is 10.0. The average molecular weight is 580 g/mol. The monoisotopic (exact) mass is 579 g/mol. The van der Waals surface area contributed by atoms with Crippen molar-refractivity contribution < 1.29 is 32.9 Å². The molecule has 41 heavy (non-hydrogen) atoms. The van der Waals surface area contributed by atoms with Gasteiger partial charge in [0.25, 0.3) is 11.1 Å². The highest BCUT2D eigenvalue weighted by Gasteiger charge is 2.22. The average Bonchev–Trinajstić information content (AvgIpc) is 3.71. The minimum Gasteiger partial charge on any atom is -0.493 e. The number of nitrogens with one attached hydrogen (secondary N) is 1. The summed E-state index contributed by atoms with van der Waals surface area (Å²) in [5, 5.41) is 15.0. The maximum atomic E-state index is 12.5. The normalized spacial score (nSPS) is 12.6. The summed E-state index contributed by atoms with van der Waals surface area (Å²) < 4.78 is 20.2. The highest BCUT2D eigenvalue weighted by molar-refractivity contribution is 6.67. The van der Waals surface area contributed by atoms with E-state index in [9.17, 15) is 14.4 Å². The molecule has 2 amide bonds. The van der Waals surface area contributed by atoms with Crippen LogP contribution in [0.4, 0.5) is 5.69 Å². The number of carbonyl (C=O) groups is 3. The van der Waals surface area contributed by atoms with E-state index in [1.165, 1.54) is 29.5 Å². The summed E-state index contributed by atoms with van der Waals surface area (Å²) in [5.74, 6) is 1.08. The Morgan fingerprint density at radius 2 is 1.68 bits per heavy atom. The maximum Gasteiger partial charge on any atom is 0.294 e. The Kier molecular flexibility index (Phi) is 9.84. The van der Waals surface area contributed by atoms with Gasteiger partial charge in [-0.3, -0.25) is 14.4 Å². The number of aromatic nitrogens is 2. The SMILES string of the molecule is CCOc1cc(C2=NN(Cc3ccc(NC(=O)c4ccno4)cc3)C(=O)CC2)ccc1OC.O=C(Cl)c1ccno1. The molecule has 2 aromatic heterocycles. The fourth-order valence-electron chi connectivity index (χ4n) is 3.77. The molecule has 12 nitrogen and oxygen atoms in total. The molecular formula is C28H26ClN5O7. The predicted molar refractivity (Wildman–Crippen MR) is 148 cm³/mol. The van der Waals surface area contributed by atoms with Gasteiger partial charge in [0.15, 0.2) is 11.5 Å². The molecule has 0 aliphatic carbocycles. The summed E-state index contributed by atoms with van der Waals surface area (Å²) in [5.41, 5.74) is 3.20.